The molecule has 0 unspecified atom stereocenters. The molecule has 2 aromatic carbocycles. The van der Waals surface area contributed by atoms with Crippen LogP contribution >= 0.6 is 0 Å². The number of halogens is 2. The van der Waals surface area contributed by atoms with Crippen LogP contribution in [0.25, 0.3) is 0 Å². The van der Waals surface area contributed by atoms with Gasteiger partial charge in [-0.2, -0.15) is 4.31 Å². The molecule has 31 heavy (non-hydrogen) atoms. The fraction of sp³-hybridized carbons (Fsp3) is 0.409. The monoisotopic (exact) mass is 450 g/mol. The fourth-order valence-electron chi connectivity index (χ4n) is 4.29. The molecule has 9 heteroatoms. The van der Waals surface area contributed by atoms with E-state index in [9.17, 15) is 22.0 Å². The van der Waals surface area contributed by atoms with E-state index in [1.165, 1.54) is 11.2 Å². The Hall–Kier alpha value is -2.36. The lowest BCUT2D eigenvalue weighted by atomic mass is 9.86. The van der Waals surface area contributed by atoms with E-state index in [1.54, 1.807) is 24.3 Å². The van der Waals surface area contributed by atoms with Crippen molar-refractivity contribution in [2.45, 2.75) is 37.1 Å². The molecule has 0 bridgehead atoms. The predicted molar refractivity (Wildman–Crippen MR) is 110 cm³/mol. The highest BCUT2D eigenvalue weighted by Gasteiger charge is 2.44. The van der Waals surface area contributed by atoms with Gasteiger partial charge in [-0.3, -0.25) is 4.79 Å². The van der Waals surface area contributed by atoms with Crippen molar-refractivity contribution in [1.82, 2.24) is 9.62 Å². The Balaban J connectivity index is 1.61. The number of ether oxygens (including phenoxy) is 1. The van der Waals surface area contributed by atoms with Crippen molar-refractivity contribution < 1.29 is 26.7 Å². The number of sulfonamides is 1. The van der Waals surface area contributed by atoms with Crippen LogP contribution in [0.1, 0.15) is 41.7 Å². The summed E-state index contributed by atoms with van der Waals surface area (Å²) in [5.74, 6) is -1.80. The van der Waals surface area contributed by atoms with Gasteiger partial charge in [0.15, 0.2) is 0 Å². The van der Waals surface area contributed by atoms with Crippen LogP contribution in [0.2, 0.25) is 0 Å². The van der Waals surface area contributed by atoms with E-state index in [0.717, 1.165) is 12.1 Å². The highest BCUT2D eigenvalue weighted by Crippen LogP contribution is 2.37. The normalized spacial score (nSPS) is 22.5. The topological polar surface area (TPSA) is 75.7 Å². The molecule has 0 saturated carbocycles. The Morgan fingerprint density at radius 3 is 2.52 bits per heavy atom. The van der Waals surface area contributed by atoms with Crippen molar-refractivity contribution in [2.24, 2.45) is 0 Å². The Kier molecular flexibility index (Phi) is 5.85. The Bertz CT molecular complexity index is 1090. The van der Waals surface area contributed by atoms with Crippen molar-refractivity contribution in [1.29, 1.82) is 0 Å². The highest BCUT2D eigenvalue weighted by atomic mass is 32.2. The molecule has 0 radical (unpaired) electrons. The SMILES string of the molecule is CC(=O)NC1(c2cc(F)c(CN3CCC[C@H](c4ccccc4)S3(=O)=O)cc2F)COC1. The molecule has 2 fully saturated rings. The summed E-state index contributed by atoms with van der Waals surface area (Å²) in [6.07, 6.45) is 1.11. The van der Waals surface area contributed by atoms with Gasteiger partial charge < -0.3 is 10.1 Å². The fourth-order valence-corrected chi connectivity index (χ4v) is 6.32. The van der Waals surface area contributed by atoms with Gasteiger partial charge in [-0.15, -0.1) is 0 Å². The van der Waals surface area contributed by atoms with Gasteiger partial charge in [0.25, 0.3) is 0 Å². The van der Waals surface area contributed by atoms with Crippen molar-refractivity contribution in [3.8, 4) is 0 Å². The van der Waals surface area contributed by atoms with E-state index in [1.807, 2.05) is 6.07 Å². The largest absolute Gasteiger partial charge is 0.376 e. The van der Waals surface area contributed by atoms with E-state index in [-0.39, 0.29) is 43.3 Å². The van der Waals surface area contributed by atoms with E-state index < -0.39 is 32.4 Å². The van der Waals surface area contributed by atoms with Crippen LogP contribution in [0.5, 0.6) is 0 Å². The molecule has 0 spiro atoms. The van der Waals surface area contributed by atoms with Crippen LogP contribution in [0.3, 0.4) is 0 Å². The van der Waals surface area contributed by atoms with Gasteiger partial charge in [-0.25, -0.2) is 17.2 Å². The summed E-state index contributed by atoms with van der Waals surface area (Å²) in [4.78, 5) is 11.5. The molecule has 166 valence electrons. The summed E-state index contributed by atoms with van der Waals surface area (Å²) in [7, 11) is -3.73. The Labute approximate surface area is 180 Å². The van der Waals surface area contributed by atoms with Crippen LogP contribution in [-0.4, -0.2) is 38.4 Å². The van der Waals surface area contributed by atoms with Gasteiger partial charge in [0, 0.05) is 31.1 Å². The summed E-state index contributed by atoms with van der Waals surface area (Å²) >= 11 is 0. The molecule has 0 aliphatic carbocycles. The standard InChI is InChI=1S/C22H24F2N2O4S/c1-15(27)25-22(13-30-14-22)18-11-19(23)17(10-20(18)24)12-26-9-5-8-21(31(26,28)29)16-6-3-2-4-7-16/h2-4,6-7,10-11,21H,5,8-9,12-14H2,1H3,(H,25,27)/t21-/m1/s1. The van der Waals surface area contributed by atoms with Crippen molar-refractivity contribution in [2.75, 3.05) is 19.8 Å². The third-order valence-corrected chi connectivity index (χ3v) is 8.13. The van der Waals surface area contributed by atoms with Crippen molar-refractivity contribution in [3.05, 3.63) is 70.8 Å². The number of carbonyl (C=O) groups is 1. The molecule has 1 amide bonds. The van der Waals surface area contributed by atoms with Crippen LogP contribution in [-0.2, 0) is 31.6 Å². The van der Waals surface area contributed by atoms with E-state index in [0.29, 0.717) is 18.4 Å². The third-order valence-electron chi connectivity index (χ3n) is 5.88. The zero-order valence-corrected chi connectivity index (χ0v) is 17.9. The first-order valence-electron chi connectivity index (χ1n) is 10.1. The van der Waals surface area contributed by atoms with Gasteiger partial charge in [0.2, 0.25) is 15.9 Å². The van der Waals surface area contributed by atoms with Crippen LogP contribution in [0, 0.1) is 11.6 Å². The molecule has 0 aromatic heterocycles. The lowest BCUT2D eigenvalue weighted by molar-refractivity contribution is -0.132. The van der Waals surface area contributed by atoms with Crippen LogP contribution < -0.4 is 5.32 Å². The quantitative estimate of drug-likeness (QED) is 0.760. The van der Waals surface area contributed by atoms with Gasteiger partial charge in [0.1, 0.15) is 22.4 Å². The van der Waals surface area contributed by atoms with Crippen LogP contribution in [0.15, 0.2) is 42.5 Å². The Morgan fingerprint density at radius 1 is 1.19 bits per heavy atom. The molecule has 2 saturated heterocycles. The number of rotatable bonds is 5. The molecule has 1 N–H and O–H groups in total. The second-order valence-electron chi connectivity index (χ2n) is 8.10. The van der Waals surface area contributed by atoms with Gasteiger partial charge in [-0.05, 0) is 30.5 Å². The number of nitrogens with zero attached hydrogens (tertiary/aromatic N) is 1. The average Bonchev–Trinajstić information content (AvgIpc) is 2.69. The zero-order valence-electron chi connectivity index (χ0n) is 17.1. The summed E-state index contributed by atoms with van der Waals surface area (Å²) in [6, 6.07) is 11.0. The molecular formula is C22H24F2N2O4S. The van der Waals surface area contributed by atoms with Crippen LogP contribution in [0.4, 0.5) is 8.78 Å². The van der Waals surface area contributed by atoms with Crippen molar-refractivity contribution in [3.63, 3.8) is 0 Å². The third kappa shape index (κ3) is 4.09. The first kappa shape index (κ1) is 21.9. The van der Waals surface area contributed by atoms with Crippen molar-refractivity contribution >= 4 is 15.9 Å². The first-order valence-corrected chi connectivity index (χ1v) is 11.6. The van der Waals surface area contributed by atoms with E-state index in [4.69, 9.17) is 4.74 Å². The molecule has 6 nitrogen and oxygen atoms in total. The van der Waals surface area contributed by atoms with Gasteiger partial charge in [-0.1, -0.05) is 30.3 Å². The molecular weight excluding hydrogens is 426 g/mol. The zero-order chi connectivity index (χ0) is 22.2. The second-order valence-corrected chi connectivity index (χ2v) is 10.2. The maximum Gasteiger partial charge on any atom is 0.221 e. The highest BCUT2D eigenvalue weighted by molar-refractivity contribution is 7.89. The lowest BCUT2D eigenvalue weighted by Crippen LogP contribution is -2.59. The molecule has 1 atom stereocenters. The summed E-state index contributed by atoms with van der Waals surface area (Å²) < 4.78 is 62.6. The number of carbonyl (C=O) groups excluding carboxylic acids is 1. The number of benzene rings is 2. The number of nitrogens with one attached hydrogen (secondary N) is 1. The smallest absolute Gasteiger partial charge is 0.221 e. The molecule has 2 aromatic rings. The number of hydrogen-bond acceptors (Lipinski definition) is 4. The minimum Gasteiger partial charge on any atom is -0.376 e. The molecule has 2 aliphatic rings. The summed E-state index contributed by atoms with van der Waals surface area (Å²) in [5.41, 5.74) is -0.461. The molecule has 4 rings (SSSR count). The number of amides is 1. The minimum absolute atomic E-state index is 0.00105. The maximum atomic E-state index is 14.9. The second kappa shape index (κ2) is 8.29. The lowest BCUT2D eigenvalue weighted by Gasteiger charge is -2.42. The van der Waals surface area contributed by atoms with E-state index >= 15 is 0 Å². The van der Waals surface area contributed by atoms with E-state index in [2.05, 4.69) is 5.32 Å². The number of hydrogen-bond donors (Lipinski definition) is 1. The van der Waals surface area contributed by atoms with Gasteiger partial charge >= 0.3 is 0 Å². The summed E-state index contributed by atoms with van der Waals surface area (Å²) in [6.45, 7) is 1.38. The first-order chi connectivity index (χ1) is 14.7. The predicted octanol–water partition coefficient (Wildman–Crippen LogP) is 2.99. The molecule has 2 aliphatic heterocycles. The average molecular weight is 451 g/mol. The molecule has 2 heterocycles. The Morgan fingerprint density at radius 2 is 1.90 bits per heavy atom. The maximum absolute atomic E-state index is 14.9. The summed E-state index contributed by atoms with van der Waals surface area (Å²) in [5, 5.41) is 1.93. The van der Waals surface area contributed by atoms with Gasteiger partial charge in [0.05, 0.1) is 13.2 Å². The minimum atomic E-state index is -3.73.